The second kappa shape index (κ2) is 5.18. The van der Waals surface area contributed by atoms with Crippen molar-refractivity contribution in [1.29, 1.82) is 0 Å². The van der Waals surface area contributed by atoms with Crippen molar-refractivity contribution in [2.45, 2.75) is 59.5 Å². The van der Waals surface area contributed by atoms with Gasteiger partial charge in [0.05, 0.1) is 12.7 Å². The van der Waals surface area contributed by atoms with E-state index in [-0.39, 0.29) is 28.8 Å². The molecule has 2 aliphatic rings. The smallest absolute Gasteiger partial charge is 0.302 e. The lowest BCUT2D eigenvalue weighted by Crippen LogP contribution is -2.55. The molecule has 0 amide bonds. The van der Waals surface area contributed by atoms with Gasteiger partial charge in [-0.05, 0) is 42.4 Å². The molecule has 2 rings (SSSR count). The van der Waals surface area contributed by atoms with Gasteiger partial charge in [-0.1, -0.05) is 32.9 Å². The van der Waals surface area contributed by atoms with Crippen LogP contribution in [0.4, 0.5) is 0 Å². The Bertz CT molecular complexity index is 412. The third-order valence-corrected chi connectivity index (χ3v) is 6.01. The van der Waals surface area contributed by atoms with E-state index in [0.29, 0.717) is 12.5 Å². The van der Waals surface area contributed by atoms with E-state index in [0.717, 1.165) is 25.7 Å². The van der Waals surface area contributed by atoms with Gasteiger partial charge in [-0.2, -0.15) is 0 Å². The third kappa shape index (κ3) is 2.41. The van der Waals surface area contributed by atoms with Crippen LogP contribution in [0.5, 0.6) is 0 Å². The summed E-state index contributed by atoms with van der Waals surface area (Å²) in [5.74, 6) is 0.445. The second-order valence-corrected chi connectivity index (χ2v) is 7.49. The summed E-state index contributed by atoms with van der Waals surface area (Å²) in [7, 11) is 0. The Morgan fingerprint density at radius 1 is 1.40 bits per heavy atom. The Morgan fingerprint density at radius 3 is 2.65 bits per heavy atom. The summed E-state index contributed by atoms with van der Waals surface area (Å²) in [5, 5.41) is 10.4. The average molecular weight is 280 g/mol. The van der Waals surface area contributed by atoms with E-state index in [4.69, 9.17) is 4.74 Å². The van der Waals surface area contributed by atoms with Gasteiger partial charge in [-0.3, -0.25) is 4.79 Å². The third-order valence-electron chi connectivity index (χ3n) is 6.01. The summed E-state index contributed by atoms with van der Waals surface area (Å²) >= 11 is 0. The first-order chi connectivity index (χ1) is 9.19. The predicted molar refractivity (Wildman–Crippen MR) is 79.1 cm³/mol. The van der Waals surface area contributed by atoms with Gasteiger partial charge < -0.3 is 9.84 Å². The Kier molecular flexibility index (Phi) is 4.03. The van der Waals surface area contributed by atoms with Gasteiger partial charge in [0.2, 0.25) is 0 Å². The zero-order chi connectivity index (χ0) is 15.1. The normalized spacial score (nSPS) is 40.0. The van der Waals surface area contributed by atoms with Crippen molar-refractivity contribution in [3.8, 4) is 0 Å². The van der Waals surface area contributed by atoms with Gasteiger partial charge in [0.15, 0.2) is 0 Å². The van der Waals surface area contributed by atoms with E-state index >= 15 is 0 Å². The molecule has 0 radical (unpaired) electrons. The van der Waals surface area contributed by atoms with Gasteiger partial charge in [-0.15, -0.1) is 0 Å². The van der Waals surface area contributed by atoms with E-state index in [1.165, 1.54) is 12.5 Å². The van der Waals surface area contributed by atoms with Gasteiger partial charge in [0, 0.05) is 12.8 Å². The summed E-state index contributed by atoms with van der Waals surface area (Å²) in [6.07, 6.45) is 3.62. The predicted octanol–water partition coefficient (Wildman–Crippen LogP) is 3.32. The molecule has 0 aromatic carbocycles. The maximum Gasteiger partial charge on any atom is 0.302 e. The van der Waals surface area contributed by atoms with E-state index in [2.05, 4.69) is 27.4 Å². The van der Waals surface area contributed by atoms with E-state index in [1.54, 1.807) is 0 Å². The highest BCUT2D eigenvalue weighted by Crippen LogP contribution is 2.60. The molecule has 0 aromatic heterocycles. The van der Waals surface area contributed by atoms with Crippen LogP contribution in [0.3, 0.4) is 0 Å². The Balaban J connectivity index is 2.28. The molecule has 0 aromatic rings. The molecule has 2 fully saturated rings. The molecule has 114 valence electrons. The highest BCUT2D eigenvalue weighted by molar-refractivity contribution is 5.65. The van der Waals surface area contributed by atoms with Gasteiger partial charge in [-0.25, -0.2) is 0 Å². The maximum atomic E-state index is 11.1. The number of carbonyl (C=O) groups is 1. The highest BCUT2D eigenvalue weighted by atomic mass is 16.5. The molecule has 0 spiro atoms. The number of hydrogen-bond donors (Lipinski definition) is 1. The lowest BCUT2D eigenvalue weighted by atomic mass is 9.47. The molecule has 3 heteroatoms. The maximum absolute atomic E-state index is 11.1. The number of hydrogen-bond acceptors (Lipinski definition) is 3. The number of rotatable bonds is 2. The largest absolute Gasteiger partial charge is 0.465 e. The standard InChI is InChI=1S/C17H28O3/c1-11-6-7-14-16(3,4)15(19)8-9-17(14,5)13(11)10-20-12(2)18/h13-15,19H,1,6-10H2,2-5H3/t13-,14?,15-,17+/m0/s1. The number of aliphatic hydroxyl groups excluding tert-OH is 1. The van der Waals surface area contributed by atoms with E-state index in [9.17, 15) is 9.90 Å². The monoisotopic (exact) mass is 280 g/mol. The molecular formula is C17H28O3. The van der Waals surface area contributed by atoms with Crippen molar-refractivity contribution in [3.05, 3.63) is 12.2 Å². The number of esters is 1. The van der Waals surface area contributed by atoms with Crippen LogP contribution in [-0.4, -0.2) is 23.8 Å². The molecule has 0 bridgehead atoms. The fourth-order valence-corrected chi connectivity index (χ4v) is 4.67. The molecule has 20 heavy (non-hydrogen) atoms. The van der Waals surface area contributed by atoms with Crippen LogP contribution in [0, 0.1) is 22.7 Å². The fraction of sp³-hybridized carbons (Fsp3) is 0.824. The summed E-state index contributed by atoms with van der Waals surface area (Å²) in [4.78, 5) is 11.1. The lowest BCUT2D eigenvalue weighted by molar-refractivity contribution is -0.152. The first-order valence-electron chi connectivity index (χ1n) is 7.68. The van der Waals surface area contributed by atoms with Gasteiger partial charge >= 0.3 is 5.97 Å². The van der Waals surface area contributed by atoms with E-state index in [1.807, 2.05) is 0 Å². The number of carbonyl (C=O) groups excluding carboxylic acids is 1. The van der Waals surface area contributed by atoms with Crippen LogP contribution in [0.25, 0.3) is 0 Å². The topological polar surface area (TPSA) is 46.5 Å². The average Bonchev–Trinajstić information content (AvgIpc) is 2.33. The minimum absolute atomic E-state index is 0.0769. The van der Waals surface area contributed by atoms with Gasteiger partial charge in [0.25, 0.3) is 0 Å². The van der Waals surface area contributed by atoms with Crippen LogP contribution in [0.1, 0.15) is 53.4 Å². The van der Waals surface area contributed by atoms with Crippen LogP contribution >= 0.6 is 0 Å². The molecule has 3 nitrogen and oxygen atoms in total. The Labute approximate surface area is 122 Å². The van der Waals surface area contributed by atoms with Crippen molar-refractivity contribution < 1.29 is 14.6 Å². The zero-order valence-corrected chi connectivity index (χ0v) is 13.2. The minimum Gasteiger partial charge on any atom is -0.465 e. The minimum atomic E-state index is -0.235. The number of fused-ring (bicyclic) bond motifs is 1. The zero-order valence-electron chi connectivity index (χ0n) is 13.2. The molecule has 2 aliphatic carbocycles. The Hall–Kier alpha value is -0.830. The van der Waals surface area contributed by atoms with Crippen molar-refractivity contribution in [2.75, 3.05) is 6.61 Å². The van der Waals surface area contributed by atoms with Crippen molar-refractivity contribution in [2.24, 2.45) is 22.7 Å². The summed E-state index contributed by atoms with van der Waals surface area (Å²) in [6.45, 7) is 12.8. The Morgan fingerprint density at radius 2 is 2.05 bits per heavy atom. The second-order valence-electron chi connectivity index (χ2n) is 7.49. The quantitative estimate of drug-likeness (QED) is 0.623. The van der Waals surface area contributed by atoms with Crippen molar-refractivity contribution >= 4 is 5.97 Å². The highest BCUT2D eigenvalue weighted by Gasteiger charge is 2.56. The van der Waals surface area contributed by atoms with Crippen LogP contribution in [0.15, 0.2) is 12.2 Å². The molecule has 0 aliphatic heterocycles. The first kappa shape index (κ1) is 15.6. The summed E-state index contributed by atoms with van der Waals surface area (Å²) in [5.41, 5.74) is 1.20. The number of ether oxygens (including phenoxy) is 1. The molecular weight excluding hydrogens is 252 g/mol. The first-order valence-corrected chi connectivity index (χ1v) is 7.68. The van der Waals surface area contributed by atoms with Crippen LogP contribution in [0.2, 0.25) is 0 Å². The van der Waals surface area contributed by atoms with Crippen molar-refractivity contribution in [3.63, 3.8) is 0 Å². The van der Waals surface area contributed by atoms with E-state index < -0.39 is 0 Å². The molecule has 1 N–H and O–H groups in total. The molecule has 4 atom stereocenters. The van der Waals surface area contributed by atoms with Crippen molar-refractivity contribution in [1.82, 2.24) is 0 Å². The molecule has 1 unspecified atom stereocenters. The summed E-state index contributed by atoms with van der Waals surface area (Å²) < 4.78 is 5.30. The molecule has 0 heterocycles. The molecule has 0 saturated heterocycles. The number of aliphatic hydroxyl groups is 1. The fourth-order valence-electron chi connectivity index (χ4n) is 4.67. The van der Waals surface area contributed by atoms with Crippen LogP contribution in [-0.2, 0) is 9.53 Å². The van der Waals surface area contributed by atoms with Gasteiger partial charge in [0.1, 0.15) is 0 Å². The lowest BCUT2D eigenvalue weighted by Gasteiger charge is -2.59. The molecule has 2 saturated carbocycles. The van der Waals surface area contributed by atoms with Crippen LogP contribution < -0.4 is 0 Å². The summed E-state index contributed by atoms with van der Waals surface area (Å²) in [6, 6.07) is 0. The SMILES string of the molecule is C=C1CCC2C(C)(C)[C@@H](O)CC[C@]2(C)[C@H]1COC(C)=O.